The van der Waals surface area contributed by atoms with Crippen LogP contribution in [0.2, 0.25) is 0 Å². The minimum Gasteiger partial charge on any atom is -0.264 e. The molecule has 15 heavy (non-hydrogen) atoms. The van der Waals surface area contributed by atoms with Gasteiger partial charge in [0.25, 0.3) is 0 Å². The topological polar surface area (TPSA) is 38.7 Å². The zero-order chi connectivity index (χ0) is 10.7. The second-order valence-corrected chi connectivity index (χ2v) is 3.26. The molecule has 0 aliphatic carbocycles. The van der Waals surface area contributed by atoms with Crippen LogP contribution in [0.15, 0.2) is 30.7 Å². The van der Waals surface area contributed by atoms with E-state index in [1.54, 1.807) is 19.3 Å². The Labute approximate surface area is 87.0 Å². The van der Waals surface area contributed by atoms with Crippen molar-refractivity contribution >= 4 is 0 Å². The lowest BCUT2D eigenvalue weighted by Crippen LogP contribution is -2.00. The largest absolute Gasteiger partial charge is 0.264 e. The lowest BCUT2D eigenvalue weighted by molar-refractivity contribution is 0.597. The van der Waals surface area contributed by atoms with Crippen LogP contribution in [-0.4, -0.2) is 15.0 Å². The van der Waals surface area contributed by atoms with Gasteiger partial charge in [0, 0.05) is 18.8 Å². The van der Waals surface area contributed by atoms with Crippen LogP contribution in [0.25, 0.3) is 0 Å². The van der Waals surface area contributed by atoms with Gasteiger partial charge in [-0.05, 0) is 18.6 Å². The maximum Gasteiger partial charge on any atom is 0.162 e. The lowest BCUT2D eigenvalue weighted by atomic mass is 10.2. The second-order valence-electron chi connectivity index (χ2n) is 3.26. The molecule has 0 N–H and O–H groups in total. The maximum absolute atomic E-state index is 12.9. The number of aryl methyl sites for hydroxylation is 1. The number of halogens is 1. The monoisotopic (exact) mass is 203 g/mol. The van der Waals surface area contributed by atoms with Crippen molar-refractivity contribution in [3.63, 3.8) is 0 Å². The molecule has 0 fully saturated rings. The number of pyridine rings is 1. The van der Waals surface area contributed by atoms with Gasteiger partial charge in [-0.15, -0.1) is 0 Å². The molecular weight excluding hydrogens is 193 g/mol. The Morgan fingerprint density at radius 1 is 1.33 bits per heavy atom. The zero-order valence-corrected chi connectivity index (χ0v) is 8.31. The Hall–Kier alpha value is -1.84. The van der Waals surface area contributed by atoms with Crippen LogP contribution in [-0.2, 0) is 6.42 Å². The highest BCUT2D eigenvalue weighted by molar-refractivity contribution is 5.15. The van der Waals surface area contributed by atoms with E-state index in [2.05, 4.69) is 15.0 Å². The molecule has 0 aliphatic rings. The number of hydrogen-bond acceptors (Lipinski definition) is 3. The zero-order valence-electron chi connectivity index (χ0n) is 8.31. The summed E-state index contributed by atoms with van der Waals surface area (Å²) in [6, 6.07) is 3.79. The van der Waals surface area contributed by atoms with Crippen molar-refractivity contribution in [3.8, 4) is 0 Å². The summed E-state index contributed by atoms with van der Waals surface area (Å²) in [4.78, 5) is 12.0. The van der Waals surface area contributed by atoms with Crippen LogP contribution in [0, 0.1) is 12.7 Å². The van der Waals surface area contributed by atoms with Crippen molar-refractivity contribution in [2.45, 2.75) is 13.3 Å². The van der Waals surface area contributed by atoms with Crippen LogP contribution < -0.4 is 0 Å². The fourth-order valence-electron chi connectivity index (χ4n) is 1.27. The summed E-state index contributed by atoms with van der Waals surface area (Å²) in [5.41, 5.74) is 1.40. The average molecular weight is 203 g/mol. The van der Waals surface area contributed by atoms with Gasteiger partial charge in [0.15, 0.2) is 5.82 Å². The molecule has 0 atom stereocenters. The molecule has 0 unspecified atom stereocenters. The SMILES string of the molecule is Cc1nc(Cc2cccnc2)ncc1F. The molecule has 0 amide bonds. The van der Waals surface area contributed by atoms with Gasteiger partial charge in [-0.2, -0.15) is 0 Å². The van der Waals surface area contributed by atoms with Gasteiger partial charge in [-0.1, -0.05) is 6.07 Å². The standard InChI is InChI=1S/C11H10FN3/c1-8-10(12)7-14-11(15-8)5-9-3-2-4-13-6-9/h2-4,6-7H,5H2,1H3. The molecule has 0 saturated heterocycles. The first-order chi connectivity index (χ1) is 7.25. The molecule has 0 bridgehead atoms. The predicted octanol–water partition coefficient (Wildman–Crippen LogP) is 1.91. The first-order valence-electron chi connectivity index (χ1n) is 4.62. The van der Waals surface area contributed by atoms with E-state index in [0.29, 0.717) is 17.9 Å². The summed E-state index contributed by atoms with van der Waals surface area (Å²) in [6.45, 7) is 1.63. The van der Waals surface area contributed by atoms with Crippen molar-refractivity contribution in [2.75, 3.05) is 0 Å². The van der Waals surface area contributed by atoms with E-state index >= 15 is 0 Å². The van der Waals surface area contributed by atoms with E-state index in [-0.39, 0.29) is 5.82 Å². The summed E-state index contributed by atoms with van der Waals surface area (Å²) in [6.07, 6.45) is 5.24. The first kappa shape index (κ1) is 9.71. The molecule has 0 aromatic carbocycles. The van der Waals surface area contributed by atoms with E-state index in [1.807, 2.05) is 12.1 Å². The molecule has 76 valence electrons. The van der Waals surface area contributed by atoms with Crippen LogP contribution in [0.4, 0.5) is 4.39 Å². The van der Waals surface area contributed by atoms with Crippen LogP contribution >= 0.6 is 0 Å². The van der Waals surface area contributed by atoms with Gasteiger partial charge >= 0.3 is 0 Å². The summed E-state index contributed by atoms with van der Waals surface area (Å²) >= 11 is 0. The minimum atomic E-state index is -0.370. The molecule has 0 radical (unpaired) electrons. The summed E-state index contributed by atoms with van der Waals surface area (Å²) in [5, 5.41) is 0. The molecule has 0 aliphatic heterocycles. The molecule has 4 heteroatoms. The Balaban J connectivity index is 2.22. The van der Waals surface area contributed by atoms with E-state index < -0.39 is 0 Å². The summed E-state index contributed by atoms with van der Waals surface area (Å²) < 4.78 is 12.9. The molecule has 2 aromatic heterocycles. The molecule has 2 aromatic rings. The Morgan fingerprint density at radius 3 is 2.87 bits per heavy atom. The minimum absolute atomic E-state index is 0.370. The quantitative estimate of drug-likeness (QED) is 0.748. The Bertz CT molecular complexity index is 457. The van der Waals surface area contributed by atoms with Crippen LogP contribution in [0.1, 0.15) is 17.1 Å². The lowest BCUT2D eigenvalue weighted by Gasteiger charge is -2.01. The smallest absolute Gasteiger partial charge is 0.162 e. The molecule has 2 heterocycles. The van der Waals surface area contributed by atoms with E-state index in [9.17, 15) is 4.39 Å². The fourth-order valence-corrected chi connectivity index (χ4v) is 1.27. The van der Waals surface area contributed by atoms with Gasteiger partial charge in [-0.3, -0.25) is 4.98 Å². The molecular formula is C11H10FN3. The fraction of sp³-hybridized carbons (Fsp3) is 0.182. The van der Waals surface area contributed by atoms with E-state index in [4.69, 9.17) is 0 Å². The van der Waals surface area contributed by atoms with E-state index in [0.717, 1.165) is 5.56 Å². The summed E-state index contributed by atoms with van der Waals surface area (Å²) in [7, 11) is 0. The summed E-state index contributed by atoms with van der Waals surface area (Å²) in [5.74, 6) is 0.242. The van der Waals surface area contributed by atoms with Gasteiger partial charge < -0.3 is 0 Å². The third kappa shape index (κ3) is 2.34. The average Bonchev–Trinajstić information content (AvgIpc) is 2.25. The van der Waals surface area contributed by atoms with Gasteiger partial charge in [0.1, 0.15) is 5.82 Å². The second kappa shape index (κ2) is 4.13. The number of aromatic nitrogens is 3. The van der Waals surface area contributed by atoms with Gasteiger partial charge in [-0.25, -0.2) is 14.4 Å². The van der Waals surface area contributed by atoms with Gasteiger partial charge in [0.05, 0.1) is 11.9 Å². The van der Waals surface area contributed by atoms with Crippen LogP contribution in [0.5, 0.6) is 0 Å². The highest BCUT2D eigenvalue weighted by Gasteiger charge is 2.03. The van der Waals surface area contributed by atoms with Crippen molar-refractivity contribution in [3.05, 3.63) is 53.6 Å². The van der Waals surface area contributed by atoms with Gasteiger partial charge in [0.2, 0.25) is 0 Å². The van der Waals surface area contributed by atoms with Crippen molar-refractivity contribution in [2.24, 2.45) is 0 Å². The molecule has 0 saturated carbocycles. The highest BCUT2D eigenvalue weighted by Crippen LogP contribution is 2.06. The third-order valence-electron chi connectivity index (χ3n) is 2.05. The number of nitrogens with zero attached hydrogens (tertiary/aromatic N) is 3. The maximum atomic E-state index is 12.9. The highest BCUT2D eigenvalue weighted by atomic mass is 19.1. The molecule has 2 rings (SSSR count). The number of rotatable bonds is 2. The van der Waals surface area contributed by atoms with Crippen molar-refractivity contribution in [1.29, 1.82) is 0 Å². The van der Waals surface area contributed by atoms with Crippen molar-refractivity contribution in [1.82, 2.24) is 15.0 Å². The van der Waals surface area contributed by atoms with Crippen molar-refractivity contribution < 1.29 is 4.39 Å². The third-order valence-corrected chi connectivity index (χ3v) is 2.05. The van der Waals surface area contributed by atoms with E-state index in [1.165, 1.54) is 6.20 Å². The predicted molar refractivity (Wildman–Crippen MR) is 53.8 cm³/mol. The van der Waals surface area contributed by atoms with Crippen LogP contribution in [0.3, 0.4) is 0 Å². The molecule has 3 nitrogen and oxygen atoms in total. The number of hydrogen-bond donors (Lipinski definition) is 0. The Kier molecular flexibility index (Phi) is 2.67. The normalized spacial score (nSPS) is 10.3. The Morgan fingerprint density at radius 2 is 2.20 bits per heavy atom. The first-order valence-corrected chi connectivity index (χ1v) is 4.62. The molecule has 0 spiro atoms.